The van der Waals surface area contributed by atoms with Gasteiger partial charge in [-0.15, -0.1) is 0 Å². The van der Waals surface area contributed by atoms with Crippen LogP contribution in [-0.2, 0) is 14.4 Å². The summed E-state index contributed by atoms with van der Waals surface area (Å²) >= 11 is 0. The maximum Gasteiger partial charge on any atom is 0.405 e. The van der Waals surface area contributed by atoms with Crippen LogP contribution in [0.3, 0.4) is 0 Å². The van der Waals surface area contributed by atoms with E-state index in [-0.39, 0.29) is 30.4 Å². The smallest absolute Gasteiger partial charge is 0.405 e. The highest BCUT2D eigenvalue weighted by Gasteiger charge is 2.33. The van der Waals surface area contributed by atoms with Crippen molar-refractivity contribution >= 4 is 24.2 Å². The number of aldehydes is 1. The molecule has 0 radical (unpaired) electrons. The second-order valence-electron chi connectivity index (χ2n) is 13.1. The number of carboxylic acid groups (broad SMARTS) is 1. The Kier molecular flexibility index (Phi) is 20.8. The zero-order valence-electron chi connectivity index (χ0n) is 33.6. The number of amides is 3. The number of aliphatic hydroxyl groups is 1. The van der Waals surface area contributed by atoms with Crippen molar-refractivity contribution in [2.75, 3.05) is 26.7 Å². The van der Waals surface area contributed by atoms with Gasteiger partial charge in [0, 0.05) is 26.6 Å². The van der Waals surface area contributed by atoms with Gasteiger partial charge in [-0.1, -0.05) is 96.0 Å². The summed E-state index contributed by atoms with van der Waals surface area (Å²) in [4.78, 5) is 64.4. The lowest BCUT2D eigenvalue weighted by atomic mass is 10.0. The fraction of sp³-hybridized carbons (Fsp3) is 0.476. The molecule has 3 amide bonds. The molecule has 2 atom stereocenters. The van der Waals surface area contributed by atoms with Crippen LogP contribution in [0.15, 0.2) is 60.9 Å². The predicted molar refractivity (Wildman–Crippen MR) is 217 cm³/mol. The number of carbonyl (C=O) groups excluding carboxylic acids is 3. The predicted octanol–water partition coefficient (Wildman–Crippen LogP) is 8.17. The Bertz CT molecular complexity index is 1720. The van der Waals surface area contributed by atoms with E-state index in [1.165, 1.54) is 19.8 Å². The molecule has 2 saturated heterocycles. The molecule has 55 heavy (non-hydrogen) atoms. The average Bonchev–Trinajstić information content (AvgIpc) is 4.03. The zero-order valence-corrected chi connectivity index (χ0v) is 33.6. The van der Waals surface area contributed by atoms with Gasteiger partial charge in [0.25, 0.3) is 0 Å². The average molecular weight is 760 g/mol. The van der Waals surface area contributed by atoms with E-state index in [0.29, 0.717) is 18.8 Å². The van der Waals surface area contributed by atoms with Gasteiger partial charge in [0.15, 0.2) is 0 Å². The first-order valence-corrected chi connectivity index (χ1v) is 19.4. The molecule has 6 rings (SSSR count). The van der Waals surface area contributed by atoms with E-state index in [9.17, 15) is 14.4 Å². The number of hydrogen-bond donors (Lipinski definition) is 5. The zero-order chi connectivity index (χ0) is 40.8. The van der Waals surface area contributed by atoms with Crippen LogP contribution in [0.1, 0.15) is 117 Å². The van der Waals surface area contributed by atoms with E-state index in [1.807, 2.05) is 30.2 Å². The van der Waals surface area contributed by atoms with E-state index in [4.69, 9.17) is 15.0 Å². The van der Waals surface area contributed by atoms with Crippen LogP contribution in [0.5, 0.6) is 0 Å². The van der Waals surface area contributed by atoms with Gasteiger partial charge in [-0.05, 0) is 61.3 Å². The van der Waals surface area contributed by atoms with Crippen molar-refractivity contribution in [2.24, 2.45) is 0 Å². The lowest BCUT2D eigenvalue weighted by molar-refractivity contribution is -0.132. The summed E-state index contributed by atoms with van der Waals surface area (Å²) < 4.78 is 0. The Morgan fingerprint density at radius 1 is 0.727 bits per heavy atom. The Labute approximate surface area is 326 Å². The minimum absolute atomic E-state index is 0.0206. The fourth-order valence-electron chi connectivity index (χ4n) is 6.30. The quantitative estimate of drug-likeness (QED) is 0.106. The summed E-state index contributed by atoms with van der Waals surface area (Å²) in [5.74, 6) is 1.51. The van der Waals surface area contributed by atoms with Gasteiger partial charge in [0.2, 0.25) is 11.8 Å². The normalized spacial score (nSPS) is 15.5. The number of aliphatic hydroxyl groups excluding tert-OH is 1. The molecule has 2 aromatic heterocycles. The lowest BCUT2D eigenvalue weighted by Gasteiger charge is -2.23. The number of nitrogens with zero attached hydrogens (tertiary/aromatic N) is 4. The van der Waals surface area contributed by atoms with Gasteiger partial charge < -0.3 is 40.1 Å². The van der Waals surface area contributed by atoms with Crippen LogP contribution < -0.4 is 5.32 Å². The van der Waals surface area contributed by atoms with Crippen molar-refractivity contribution in [1.82, 2.24) is 35.1 Å². The number of aromatic amines is 2. The second kappa shape index (κ2) is 24.9. The molecule has 13 heteroatoms. The molecule has 5 N–H and O–H groups in total. The van der Waals surface area contributed by atoms with E-state index in [1.54, 1.807) is 11.1 Å². The number of H-pyrrole nitrogens is 2. The summed E-state index contributed by atoms with van der Waals surface area (Å²) in [6.45, 7) is 13.1. The van der Waals surface area contributed by atoms with E-state index in [0.717, 1.165) is 91.5 Å². The number of likely N-dealkylation sites (tertiary alicyclic amines) is 2. The number of benzene rings is 2. The monoisotopic (exact) mass is 759 g/mol. The summed E-state index contributed by atoms with van der Waals surface area (Å²) in [6.07, 6.45) is 10.6. The molecule has 300 valence electrons. The van der Waals surface area contributed by atoms with Gasteiger partial charge in [-0.3, -0.25) is 9.59 Å². The van der Waals surface area contributed by atoms with Crippen LogP contribution >= 0.6 is 0 Å². The third-order valence-electron chi connectivity index (χ3n) is 8.55. The highest BCUT2D eigenvalue weighted by molar-refractivity contribution is 5.82. The summed E-state index contributed by atoms with van der Waals surface area (Å²) in [5.41, 5.74) is 5.99. The van der Waals surface area contributed by atoms with E-state index < -0.39 is 6.09 Å². The number of carbonyl (C=O) groups is 4. The molecule has 2 fully saturated rings. The van der Waals surface area contributed by atoms with Gasteiger partial charge in [0.05, 0.1) is 35.9 Å². The summed E-state index contributed by atoms with van der Waals surface area (Å²) in [5, 5.41) is 18.0. The van der Waals surface area contributed by atoms with Crippen LogP contribution in [0.2, 0.25) is 0 Å². The molecule has 4 heterocycles. The number of rotatable bonds is 9. The standard InChI is InChI=1S/C33H37N7O4.2C3H8.C2H4O.CH4O/c1-2-5-29(41)39-16-3-6-27(39)31-34-18-25(37-31)23-12-8-21(9-13-23)22-10-14-24(15-11-22)26-19-35-32(38-26)28-7-4-17-40(28)30(42)20-36-33(43)44;2*1-3-2;1-2-3;1-2/h8-15,18-19,27-28,36H,2-7,16-17,20H2,1H3,(H,34,37)(H,35,38)(H,43,44);2*3H2,1-2H3;2H,1H3;2H,1H3. The third-order valence-corrected chi connectivity index (χ3v) is 8.55. The molecule has 2 aliphatic rings. The molecule has 0 bridgehead atoms. The van der Waals surface area contributed by atoms with E-state index >= 15 is 0 Å². The molecule has 4 aromatic rings. The van der Waals surface area contributed by atoms with Gasteiger partial charge >= 0.3 is 6.09 Å². The van der Waals surface area contributed by atoms with Crippen LogP contribution in [0, 0.1) is 0 Å². The Morgan fingerprint density at radius 3 is 1.45 bits per heavy atom. The second-order valence-corrected chi connectivity index (χ2v) is 13.1. The molecule has 0 spiro atoms. The Balaban J connectivity index is 0.000000857. The lowest BCUT2D eigenvalue weighted by Crippen LogP contribution is -2.39. The fourth-order valence-corrected chi connectivity index (χ4v) is 6.30. The first-order valence-electron chi connectivity index (χ1n) is 19.4. The van der Waals surface area contributed by atoms with Crippen molar-refractivity contribution in [3.05, 3.63) is 72.6 Å². The molecule has 2 unspecified atom stereocenters. The SMILES string of the molecule is CC=O.CCC.CCC.CCCC(=O)N1CCCC1c1ncc(-c2ccc(-c3ccc(-c4cnc(C5CCCN5C(=O)CNC(=O)O)[nH]4)cc3)cc2)[nH]1.CO. The van der Waals surface area contributed by atoms with Crippen molar-refractivity contribution in [3.63, 3.8) is 0 Å². The molecule has 2 aromatic carbocycles. The highest BCUT2D eigenvalue weighted by atomic mass is 16.4. The Morgan fingerprint density at radius 2 is 1.09 bits per heavy atom. The van der Waals surface area contributed by atoms with Crippen LogP contribution in [0.4, 0.5) is 4.79 Å². The first kappa shape index (κ1) is 45.9. The largest absolute Gasteiger partial charge is 0.465 e. The minimum atomic E-state index is -1.21. The van der Waals surface area contributed by atoms with Crippen molar-refractivity contribution in [2.45, 2.75) is 105 Å². The van der Waals surface area contributed by atoms with Crippen LogP contribution in [-0.4, -0.2) is 90.9 Å². The molecular formula is C42H61N7O6. The highest BCUT2D eigenvalue weighted by Crippen LogP contribution is 2.34. The van der Waals surface area contributed by atoms with Gasteiger partial charge in [-0.2, -0.15) is 0 Å². The maximum atomic E-state index is 12.6. The Hall–Kier alpha value is -5.30. The van der Waals surface area contributed by atoms with Gasteiger partial charge in [0.1, 0.15) is 24.5 Å². The van der Waals surface area contributed by atoms with Crippen molar-refractivity contribution < 1.29 is 29.4 Å². The van der Waals surface area contributed by atoms with Crippen molar-refractivity contribution in [1.29, 1.82) is 0 Å². The van der Waals surface area contributed by atoms with Gasteiger partial charge in [-0.25, -0.2) is 14.8 Å². The van der Waals surface area contributed by atoms with E-state index in [2.05, 4.69) is 89.3 Å². The number of nitrogens with one attached hydrogen (secondary N) is 3. The number of aromatic nitrogens is 4. The summed E-state index contributed by atoms with van der Waals surface area (Å²) in [6, 6.07) is 16.4. The molecule has 2 aliphatic heterocycles. The molecule has 0 aliphatic carbocycles. The first-order chi connectivity index (χ1) is 26.6. The third kappa shape index (κ3) is 13.5. The molecule has 0 saturated carbocycles. The maximum absolute atomic E-state index is 12.6. The minimum Gasteiger partial charge on any atom is -0.465 e. The molecule has 13 nitrogen and oxygen atoms in total. The topological polar surface area (TPSA) is 185 Å². The van der Waals surface area contributed by atoms with Crippen LogP contribution in [0.25, 0.3) is 33.6 Å². The summed E-state index contributed by atoms with van der Waals surface area (Å²) in [7, 11) is 1.00. The van der Waals surface area contributed by atoms with Crippen molar-refractivity contribution in [3.8, 4) is 33.6 Å². The number of imidazole rings is 2. The molecular weight excluding hydrogens is 699 g/mol. The number of hydrogen-bond acceptors (Lipinski definition) is 7.